The summed E-state index contributed by atoms with van der Waals surface area (Å²) in [6.45, 7) is 2.13. The maximum atomic E-state index is 6.14. The number of hydrogen-bond donors (Lipinski definition) is 1. The summed E-state index contributed by atoms with van der Waals surface area (Å²) in [4.78, 5) is 4.43. The number of halogens is 1. The third-order valence-corrected chi connectivity index (χ3v) is 5.60. The van der Waals surface area contributed by atoms with Gasteiger partial charge < -0.3 is 13.8 Å². The second kappa shape index (κ2) is 7.29. The quantitative estimate of drug-likeness (QED) is 0.430. The molecule has 2 aromatic heterocycles. The molecule has 0 aliphatic carbocycles. The van der Waals surface area contributed by atoms with Crippen molar-refractivity contribution in [1.29, 1.82) is 0 Å². The van der Waals surface area contributed by atoms with Crippen molar-refractivity contribution in [2.45, 2.75) is 18.9 Å². The third-order valence-electron chi connectivity index (χ3n) is 4.92. The van der Waals surface area contributed by atoms with Crippen molar-refractivity contribution in [3.8, 4) is 0 Å². The van der Waals surface area contributed by atoms with Crippen LogP contribution >= 0.6 is 23.5 Å². The minimum absolute atomic E-state index is 0.600. The van der Waals surface area contributed by atoms with Crippen molar-refractivity contribution < 1.29 is 4.52 Å². The summed E-state index contributed by atoms with van der Waals surface area (Å²) in [5.74, 6) is 0.619. The van der Waals surface area contributed by atoms with E-state index in [-0.39, 0.29) is 0 Å². The fraction of sp³-hybridized carbons (Fsp3) is 0.200. The molecule has 5 nitrogen and oxygen atoms in total. The average Bonchev–Trinajstić information content (AvgIpc) is 3.36. The molecule has 0 amide bonds. The van der Waals surface area contributed by atoms with Gasteiger partial charge in [0.15, 0.2) is 0 Å². The van der Waals surface area contributed by atoms with Crippen molar-refractivity contribution in [3.05, 3.63) is 77.5 Å². The molecule has 2 heterocycles. The highest BCUT2D eigenvalue weighted by molar-refractivity contribution is 7.99. The van der Waals surface area contributed by atoms with Gasteiger partial charge in [0.25, 0.3) is 0 Å². The third kappa shape index (κ3) is 2.89. The SMILES string of the molecule is CCC(c1ccc(Cl)cc1)(c1ncon1)n1ccc2c(NSC)cccc21. The summed E-state index contributed by atoms with van der Waals surface area (Å²) in [6.07, 6.45) is 6.23. The number of hydrogen-bond acceptors (Lipinski definition) is 5. The summed E-state index contributed by atoms with van der Waals surface area (Å²) in [5, 5.41) is 6.06. The zero-order valence-electron chi connectivity index (χ0n) is 15.0. The lowest BCUT2D eigenvalue weighted by Gasteiger charge is -2.33. The number of aromatic nitrogens is 3. The van der Waals surface area contributed by atoms with E-state index in [1.165, 1.54) is 6.39 Å². The molecule has 0 aliphatic rings. The molecule has 138 valence electrons. The summed E-state index contributed by atoms with van der Waals surface area (Å²) < 4.78 is 10.7. The Balaban J connectivity index is 2.01. The van der Waals surface area contributed by atoms with Crippen LogP contribution in [0.3, 0.4) is 0 Å². The maximum absolute atomic E-state index is 6.14. The molecule has 0 saturated carbocycles. The number of nitrogens with zero attached hydrogens (tertiary/aromatic N) is 3. The van der Waals surface area contributed by atoms with Gasteiger partial charge in [-0.2, -0.15) is 4.98 Å². The Morgan fingerprint density at radius 1 is 1.19 bits per heavy atom. The van der Waals surface area contributed by atoms with Crippen molar-refractivity contribution in [2.24, 2.45) is 0 Å². The van der Waals surface area contributed by atoms with E-state index in [1.807, 2.05) is 30.5 Å². The molecule has 4 rings (SSSR count). The second-order valence-electron chi connectivity index (χ2n) is 6.21. The molecule has 1 unspecified atom stereocenters. The Morgan fingerprint density at radius 2 is 2.00 bits per heavy atom. The van der Waals surface area contributed by atoms with E-state index in [9.17, 15) is 0 Å². The molecule has 0 fully saturated rings. The van der Waals surface area contributed by atoms with Crippen LogP contribution in [0.5, 0.6) is 0 Å². The molecule has 4 aromatic rings. The van der Waals surface area contributed by atoms with Crippen LogP contribution in [0.25, 0.3) is 10.9 Å². The highest BCUT2D eigenvalue weighted by Gasteiger charge is 2.39. The molecular formula is C20H19ClN4OS. The van der Waals surface area contributed by atoms with Crippen molar-refractivity contribution in [2.75, 3.05) is 11.0 Å². The molecule has 1 atom stereocenters. The van der Waals surface area contributed by atoms with E-state index in [4.69, 9.17) is 16.1 Å². The second-order valence-corrected chi connectivity index (χ2v) is 7.25. The van der Waals surface area contributed by atoms with Gasteiger partial charge in [0, 0.05) is 22.9 Å². The lowest BCUT2D eigenvalue weighted by Crippen LogP contribution is -2.36. The van der Waals surface area contributed by atoms with E-state index < -0.39 is 5.54 Å². The normalized spacial score (nSPS) is 13.6. The number of benzene rings is 2. The minimum Gasteiger partial charge on any atom is -0.343 e. The standard InChI is InChI=1S/C20H19ClN4OS/c1-3-20(19-22-13-26-23-19,14-7-9-15(21)10-8-14)25-12-11-16-17(24-27-2)5-4-6-18(16)25/h4-13,24H,3H2,1-2H3. The number of anilines is 1. The minimum atomic E-state index is -0.600. The van der Waals surface area contributed by atoms with Gasteiger partial charge in [-0.15, -0.1) is 0 Å². The Hall–Kier alpha value is -2.44. The van der Waals surface area contributed by atoms with Gasteiger partial charge in [0.05, 0.1) is 11.2 Å². The molecule has 0 aliphatic heterocycles. The van der Waals surface area contributed by atoms with Crippen LogP contribution in [0.2, 0.25) is 5.02 Å². The van der Waals surface area contributed by atoms with Crippen LogP contribution in [0.4, 0.5) is 5.69 Å². The first-order chi connectivity index (χ1) is 13.2. The molecule has 7 heteroatoms. The first-order valence-corrected chi connectivity index (χ1v) is 10.2. The van der Waals surface area contributed by atoms with Gasteiger partial charge in [0.1, 0.15) is 5.54 Å². The highest BCUT2D eigenvalue weighted by atomic mass is 35.5. The molecule has 27 heavy (non-hydrogen) atoms. The zero-order valence-corrected chi connectivity index (χ0v) is 16.6. The first-order valence-electron chi connectivity index (χ1n) is 8.63. The maximum Gasteiger partial charge on any atom is 0.213 e. The van der Waals surface area contributed by atoms with E-state index in [0.29, 0.717) is 10.8 Å². The van der Waals surface area contributed by atoms with Gasteiger partial charge in [-0.1, -0.05) is 53.8 Å². The van der Waals surface area contributed by atoms with Crippen LogP contribution in [0.15, 0.2) is 65.6 Å². The largest absolute Gasteiger partial charge is 0.343 e. The average molecular weight is 399 g/mol. The van der Waals surface area contributed by atoms with E-state index >= 15 is 0 Å². The lowest BCUT2D eigenvalue weighted by atomic mass is 9.85. The summed E-state index contributed by atoms with van der Waals surface area (Å²) in [6, 6.07) is 16.2. The molecule has 0 saturated heterocycles. The molecule has 0 spiro atoms. The number of nitrogens with one attached hydrogen (secondary N) is 1. The number of fused-ring (bicyclic) bond motifs is 1. The van der Waals surface area contributed by atoms with Crippen molar-refractivity contribution in [3.63, 3.8) is 0 Å². The van der Waals surface area contributed by atoms with Gasteiger partial charge in [-0.25, -0.2) is 0 Å². The van der Waals surface area contributed by atoms with Crippen LogP contribution in [-0.2, 0) is 5.54 Å². The van der Waals surface area contributed by atoms with Crippen molar-refractivity contribution in [1.82, 2.24) is 14.7 Å². The fourth-order valence-electron chi connectivity index (χ4n) is 3.69. The van der Waals surface area contributed by atoms with Crippen LogP contribution in [0, 0.1) is 0 Å². The van der Waals surface area contributed by atoms with E-state index in [0.717, 1.165) is 28.6 Å². The summed E-state index contributed by atoms with van der Waals surface area (Å²) in [7, 11) is 0. The Kier molecular flexibility index (Phi) is 4.85. The predicted molar refractivity (Wildman–Crippen MR) is 111 cm³/mol. The fourth-order valence-corrected chi connectivity index (χ4v) is 4.21. The van der Waals surface area contributed by atoms with Gasteiger partial charge >= 0.3 is 0 Å². The lowest BCUT2D eigenvalue weighted by molar-refractivity contribution is 0.356. The van der Waals surface area contributed by atoms with Gasteiger partial charge in [-0.05, 0) is 42.3 Å². The van der Waals surface area contributed by atoms with Crippen molar-refractivity contribution >= 4 is 40.1 Å². The van der Waals surface area contributed by atoms with Crippen LogP contribution < -0.4 is 4.72 Å². The Bertz CT molecular complexity index is 1050. The summed E-state index contributed by atoms with van der Waals surface area (Å²) in [5.41, 5.74) is 2.62. The molecular weight excluding hydrogens is 380 g/mol. The van der Waals surface area contributed by atoms with Gasteiger partial charge in [-0.3, -0.25) is 0 Å². The predicted octanol–water partition coefficient (Wildman–Crippen LogP) is 5.57. The number of rotatable bonds is 6. The van der Waals surface area contributed by atoms with E-state index in [2.05, 4.69) is 56.8 Å². The molecule has 0 radical (unpaired) electrons. The first kappa shape index (κ1) is 17.9. The smallest absolute Gasteiger partial charge is 0.213 e. The highest BCUT2D eigenvalue weighted by Crippen LogP contribution is 2.40. The Morgan fingerprint density at radius 3 is 2.67 bits per heavy atom. The monoisotopic (exact) mass is 398 g/mol. The molecule has 2 aromatic carbocycles. The van der Waals surface area contributed by atoms with Crippen LogP contribution in [0.1, 0.15) is 24.7 Å². The van der Waals surface area contributed by atoms with E-state index in [1.54, 1.807) is 11.9 Å². The summed E-state index contributed by atoms with van der Waals surface area (Å²) >= 11 is 7.71. The van der Waals surface area contributed by atoms with Crippen LogP contribution in [-0.4, -0.2) is 21.0 Å². The molecule has 1 N–H and O–H groups in total. The molecule has 0 bridgehead atoms. The van der Waals surface area contributed by atoms with Gasteiger partial charge in [0.2, 0.25) is 12.2 Å². The topological polar surface area (TPSA) is 55.9 Å². The Labute approximate surface area is 166 Å². The zero-order chi connectivity index (χ0) is 18.9.